The van der Waals surface area contributed by atoms with Crippen molar-refractivity contribution >= 4 is 5.78 Å². The lowest BCUT2D eigenvalue weighted by Crippen LogP contribution is -2.17. The normalized spacial score (nSPS) is 18.0. The van der Waals surface area contributed by atoms with Crippen molar-refractivity contribution in [1.29, 1.82) is 0 Å². The van der Waals surface area contributed by atoms with E-state index in [1.165, 1.54) is 18.2 Å². The molecule has 1 atom stereocenters. The van der Waals surface area contributed by atoms with Crippen LogP contribution >= 0.6 is 0 Å². The number of rotatable bonds is 7. The molecular formula is C16H20F2O4. The number of ether oxygens (including phenoxy) is 3. The average Bonchev–Trinajstić information content (AvgIpc) is 2.92. The van der Waals surface area contributed by atoms with E-state index in [0.717, 1.165) is 0 Å². The van der Waals surface area contributed by atoms with Gasteiger partial charge in [-0.3, -0.25) is 4.79 Å². The summed E-state index contributed by atoms with van der Waals surface area (Å²) in [6.45, 7) is 1.91. The van der Waals surface area contributed by atoms with Gasteiger partial charge in [-0.2, -0.15) is 8.78 Å². The zero-order chi connectivity index (χ0) is 16.1. The molecule has 0 aromatic heterocycles. The van der Waals surface area contributed by atoms with Crippen molar-refractivity contribution < 1.29 is 27.8 Å². The fourth-order valence-electron chi connectivity index (χ4n) is 2.24. The molecule has 0 radical (unpaired) electrons. The van der Waals surface area contributed by atoms with Gasteiger partial charge in [0, 0.05) is 18.4 Å². The van der Waals surface area contributed by atoms with Crippen LogP contribution in [0.4, 0.5) is 8.78 Å². The highest BCUT2D eigenvalue weighted by atomic mass is 19.3. The summed E-state index contributed by atoms with van der Waals surface area (Å²) in [4.78, 5) is 12.1. The zero-order valence-corrected chi connectivity index (χ0v) is 12.7. The number of hydrogen-bond acceptors (Lipinski definition) is 4. The van der Waals surface area contributed by atoms with E-state index in [9.17, 15) is 13.6 Å². The van der Waals surface area contributed by atoms with E-state index in [0.29, 0.717) is 31.6 Å². The molecule has 2 rings (SSSR count). The second kappa shape index (κ2) is 7.54. The molecule has 22 heavy (non-hydrogen) atoms. The number of hydrogen-bond donors (Lipinski definition) is 0. The molecule has 1 aliphatic rings. The molecule has 122 valence electrons. The first-order valence-electron chi connectivity index (χ1n) is 7.32. The first-order chi connectivity index (χ1) is 10.5. The van der Waals surface area contributed by atoms with Gasteiger partial charge in [0.05, 0.1) is 13.2 Å². The number of Topliss-reactive ketones (excluding diaryl/α,β-unsaturated/α-hetero) is 1. The first-order valence-corrected chi connectivity index (χ1v) is 7.32. The fraction of sp³-hybridized carbons (Fsp3) is 0.562. The van der Waals surface area contributed by atoms with Crippen LogP contribution < -0.4 is 9.47 Å². The van der Waals surface area contributed by atoms with E-state index < -0.39 is 6.61 Å². The molecular weight excluding hydrogens is 294 g/mol. The average molecular weight is 314 g/mol. The largest absolute Gasteiger partial charge is 0.484 e. The minimum Gasteiger partial charge on any atom is -0.484 e. The smallest absolute Gasteiger partial charge is 0.387 e. The van der Waals surface area contributed by atoms with E-state index in [-0.39, 0.29) is 29.3 Å². The number of ketones is 1. The van der Waals surface area contributed by atoms with E-state index >= 15 is 0 Å². The van der Waals surface area contributed by atoms with Crippen LogP contribution in [-0.4, -0.2) is 31.7 Å². The second-order valence-electron chi connectivity index (χ2n) is 5.66. The van der Waals surface area contributed by atoms with Gasteiger partial charge < -0.3 is 14.2 Å². The Morgan fingerprint density at radius 1 is 1.36 bits per heavy atom. The summed E-state index contributed by atoms with van der Waals surface area (Å²) in [5.74, 6) is 0.261. The minimum absolute atomic E-state index is 0.0499. The number of benzene rings is 1. The molecule has 1 aliphatic heterocycles. The fourth-order valence-corrected chi connectivity index (χ4v) is 2.24. The van der Waals surface area contributed by atoms with Crippen molar-refractivity contribution in [3.05, 3.63) is 23.8 Å². The topological polar surface area (TPSA) is 44.8 Å². The van der Waals surface area contributed by atoms with Crippen LogP contribution in [0.5, 0.6) is 11.5 Å². The molecule has 1 fully saturated rings. The Labute approximate surface area is 128 Å². The summed E-state index contributed by atoms with van der Waals surface area (Å²) in [5.41, 5.74) is 0.434. The Balaban J connectivity index is 2.21. The van der Waals surface area contributed by atoms with Crippen LogP contribution in [0.2, 0.25) is 0 Å². The third kappa shape index (κ3) is 4.66. The number of alkyl halides is 2. The van der Waals surface area contributed by atoms with Gasteiger partial charge in [-0.15, -0.1) is 0 Å². The van der Waals surface area contributed by atoms with Gasteiger partial charge in [-0.1, -0.05) is 13.8 Å². The van der Waals surface area contributed by atoms with E-state index in [4.69, 9.17) is 9.47 Å². The molecule has 6 heteroatoms. The maximum absolute atomic E-state index is 12.5. The van der Waals surface area contributed by atoms with E-state index in [1.807, 2.05) is 13.8 Å². The molecule has 1 aromatic carbocycles. The number of carbonyl (C=O) groups excluding carboxylic acids is 1. The van der Waals surface area contributed by atoms with E-state index in [2.05, 4.69) is 4.74 Å². The first kappa shape index (κ1) is 16.7. The maximum atomic E-state index is 12.5. The summed E-state index contributed by atoms with van der Waals surface area (Å²) in [6, 6.07) is 4.31. The molecule has 1 aromatic rings. The Bertz CT molecular complexity index is 511. The molecule has 1 heterocycles. The van der Waals surface area contributed by atoms with Crippen molar-refractivity contribution in [2.75, 3.05) is 13.2 Å². The van der Waals surface area contributed by atoms with Gasteiger partial charge in [0.15, 0.2) is 17.3 Å². The molecule has 0 aliphatic carbocycles. The Morgan fingerprint density at radius 2 is 2.14 bits per heavy atom. The van der Waals surface area contributed by atoms with Crippen LogP contribution in [0, 0.1) is 5.92 Å². The summed E-state index contributed by atoms with van der Waals surface area (Å²) < 4.78 is 40.3. The van der Waals surface area contributed by atoms with Gasteiger partial charge in [0.2, 0.25) is 0 Å². The SMILES string of the molecule is CC(C)CC(=O)c1ccc(OC(F)F)c(O[C@@H]2CCOC2)c1. The molecule has 1 saturated heterocycles. The molecule has 0 bridgehead atoms. The van der Waals surface area contributed by atoms with Crippen LogP contribution in [0.15, 0.2) is 18.2 Å². The molecule has 4 nitrogen and oxygen atoms in total. The van der Waals surface area contributed by atoms with Gasteiger partial charge in [0.1, 0.15) is 6.10 Å². The highest BCUT2D eigenvalue weighted by Gasteiger charge is 2.21. The number of carbonyl (C=O) groups is 1. The summed E-state index contributed by atoms with van der Waals surface area (Å²) in [7, 11) is 0. The number of halogens is 2. The van der Waals surface area contributed by atoms with E-state index in [1.54, 1.807) is 0 Å². The van der Waals surface area contributed by atoms with Gasteiger partial charge >= 0.3 is 6.61 Å². The van der Waals surface area contributed by atoms with Crippen molar-refractivity contribution in [3.8, 4) is 11.5 Å². The lowest BCUT2D eigenvalue weighted by atomic mass is 10.0. The van der Waals surface area contributed by atoms with Crippen LogP contribution in [0.3, 0.4) is 0 Å². The van der Waals surface area contributed by atoms with Gasteiger partial charge in [0.25, 0.3) is 0 Å². The van der Waals surface area contributed by atoms with Crippen molar-refractivity contribution in [2.45, 2.75) is 39.4 Å². The van der Waals surface area contributed by atoms with Crippen molar-refractivity contribution in [3.63, 3.8) is 0 Å². The monoisotopic (exact) mass is 314 g/mol. The molecule has 0 spiro atoms. The highest BCUT2D eigenvalue weighted by Crippen LogP contribution is 2.32. The van der Waals surface area contributed by atoms with Crippen LogP contribution in [0.1, 0.15) is 37.0 Å². The Kier molecular flexibility index (Phi) is 5.71. The molecule has 0 N–H and O–H groups in total. The predicted octanol–water partition coefficient (Wildman–Crippen LogP) is 3.68. The quantitative estimate of drug-likeness (QED) is 0.720. The van der Waals surface area contributed by atoms with Crippen molar-refractivity contribution in [1.82, 2.24) is 0 Å². The Morgan fingerprint density at radius 3 is 2.73 bits per heavy atom. The Hall–Kier alpha value is -1.69. The summed E-state index contributed by atoms with van der Waals surface area (Å²) >= 11 is 0. The minimum atomic E-state index is -2.95. The maximum Gasteiger partial charge on any atom is 0.387 e. The molecule has 0 amide bonds. The van der Waals surface area contributed by atoms with Crippen molar-refractivity contribution in [2.24, 2.45) is 5.92 Å². The molecule has 0 saturated carbocycles. The highest BCUT2D eigenvalue weighted by molar-refractivity contribution is 5.96. The van der Waals surface area contributed by atoms with Crippen LogP contribution in [0.25, 0.3) is 0 Å². The summed E-state index contributed by atoms with van der Waals surface area (Å²) in [6.07, 6.45) is 0.856. The lowest BCUT2D eigenvalue weighted by molar-refractivity contribution is -0.0521. The van der Waals surface area contributed by atoms with Gasteiger partial charge in [-0.25, -0.2) is 0 Å². The standard InChI is InChI=1S/C16H20F2O4/c1-10(2)7-13(19)11-3-4-14(22-16(17)18)15(8-11)21-12-5-6-20-9-12/h3-4,8,10,12,16H,5-7,9H2,1-2H3/t12-/m1/s1. The third-order valence-corrected chi connectivity index (χ3v) is 3.26. The van der Waals surface area contributed by atoms with Gasteiger partial charge in [-0.05, 0) is 24.1 Å². The molecule has 0 unspecified atom stereocenters. The third-order valence-electron chi connectivity index (χ3n) is 3.26. The lowest BCUT2D eigenvalue weighted by Gasteiger charge is -2.17. The van der Waals surface area contributed by atoms with Crippen LogP contribution in [-0.2, 0) is 4.74 Å². The second-order valence-corrected chi connectivity index (χ2v) is 5.66. The predicted molar refractivity (Wildman–Crippen MR) is 76.7 cm³/mol. The zero-order valence-electron chi connectivity index (χ0n) is 12.7. The summed E-state index contributed by atoms with van der Waals surface area (Å²) in [5, 5.41) is 0.